The van der Waals surface area contributed by atoms with Crippen LogP contribution in [-0.2, 0) is 0 Å². The van der Waals surface area contributed by atoms with Crippen molar-refractivity contribution in [3.05, 3.63) is 67.0 Å². The van der Waals surface area contributed by atoms with E-state index in [0.29, 0.717) is 6.61 Å². The molecule has 2 aromatic carbocycles. The number of ether oxygens (including phenoxy) is 2. The molecule has 5 rings (SSSR count). The zero-order valence-corrected chi connectivity index (χ0v) is 18.4. The lowest BCUT2D eigenvalue weighted by molar-refractivity contribution is 0.340. The van der Waals surface area contributed by atoms with E-state index in [-0.39, 0.29) is 0 Å². The minimum absolute atomic E-state index is 0.666. The largest absolute Gasteiger partial charge is 0.497 e. The van der Waals surface area contributed by atoms with Crippen LogP contribution >= 0.6 is 0 Å². The number of anilines is 2. The summed E-state index contributed by atoms with van der Waals surface area (Å²) in [5, 5.41) is 4.78. The van der Waals surface area contributed by atoms with Gasteiger partial charge in [0, 0.05) is 44.1 Å². The first-order valence-corrected chi connectivity index (χ1v) is 11.0. The maximum absolute atomic E-state index is 5.83. The number of para-hydroxylation sites is 2. The van der Waals surface area contributed by atoms with Gasteiger partial charge in [0.25, 0.3) is 0 Å². The fourth-order valence-corrected chi connectivity index (χ4v) is 4.23. The van der Waals surface area contributed by atoms with E-state index < -0.39 is 0 Å². The molecule has 1 aliphatic heterocycles. The van der Waals surface area contributed by atoms with Gasteiger partial charge in [-0.25, -0.2) is 9.50 Å². The zero-order chi connectivity index (χ0) is 21.9. The minimum atomic E-state index is 0.666. The zero-order valence-electron chi connectivity index (χ0n) is 18.4. The number of fused-ring (bicyclic) bond motifs is 1. The summed E-state index contributed by atoms with van der Waals surface area (Å²) in [7, 11) is 1.68. The van der Waals surface area contributed by atoms with Crippen LogP contribution in [0.15, 0.2) is 67.0 Å². The van der Waals surface area contributed by atoms with E-state index in [9.17, 15) is 0 Å². The van der Waals surface area contributed by atoms with Crippen LogP contribution in [0.2, 0.25) is 0 Å². The molecule has 7 heteroatoms. The Balaban J connectivity index is 1.39. The molecule has 3 heterocycles. The summed E-state index contributed by atoms with van der Waals surface area (Å²) in [4.78, 5) is 9.44. The summed E-state index contributed by atoms with van der Waals surface area (Å²) in [6.07, 6.45) is 3.72. The van der Waals surface area contributed by atoms with Crippen molar-refractivity contribution in [1.29, 1.82) is 0 Å². The molecule has 0 spiro atoms. The van der Waals surface area contributed by atoms with Crippen molar-refractivity contribution in [2.24, 2.45) is 0 Å². The predicted molar refractivity (Wildman–Crippen MR) is 127 cm³/mol. The Hall–Kier alpha value is -3.74. The van der Waals surface area contributed by atoms with Crippen molar-refractivity contribution >= 4 is 17.0 Å². The maximum Gasteiger partial charge on any atom is 0.154 e. The molecule has 1 saturated heterocycles. The van der Waals surface area contributed by atoms with Crippen molar-refractivity contribution in [1.82, 2.24) is 14.6 Å². The highest BCUT2D eigenvalue weighted by Crippen LogP contribution is 2.31. The van der Waals surface area contributed by atoms with E-state index in [1.165, 1.54) is 0 Å². The van der Waals surface area contributed by atoms with Gasteiger partial charge in [-0.2, -0.15) is 5.10 Å². The Morgan fingerprint density at radius 1 is 0.938 bits per heavy atom. The van der Waals surface area contributed by atoms with Crippen LogP contribution in [-0.4, -0.2) is 54.5 Å². The molecule has 0 radical (unpaired) electrons. The number of rotatable bonds is 6. The fraction of sp³-hybridized carbons (Fsp3) is 0.280. The van der Waals surface area contributed by atoms with Gasteiger partial charge in [-0.3, -0.25) is 0 Å². The molecule has 0 saturated carbocycles. The van der Waals surface area contributed by atoms with E-state index in [2.05, 4.69) is 28.0 Å². The highest BCUT2D eigenvalue weighted by Gasteiger charge is 2.22. The van der Waals surface area contributed by atoms with Crippen molar-refractivity contribution in [2.45, 2.75) is 6.92 Å². The minimum Gasteiger partial charge on any atom is -0.497 e. The van der Waals surface area contributed by atoms with Gasteiger partial charge in [-0.05, 0) is 37.3 Å². The molecule has 2 aromatic heterocycles. The van der Waals surface area contributed by atoms with Gasteiger partial charge in [0.1, 0.15) is 17.0 Å². The molecular formula is C25H27N5O2. The number of nitrogens with zero attached hydrogens (tertiary/aromatic N) is 5. The molecule has 7 nitrogen and oxygen atoms in total. The Bertz CT molecular complexity index is 1210. The number of benzene rings is 2. The standard InChI is InChI=1S/C25H27N5O2/c1-3-32-24-10-5-4-9-22(24)28-13-15-29(16-14-28)25-23-18-21(27-30(23)12-11-26-25)19-7-6-8-20(17-19)31-2/h4-12,17-18H,3,13-16H2,1-2H3. The van der Waals surface area contributed by atoms with E-state index in [4.69, 9.17) is 19.6 Å². The fourth-order valence-electron chi connectivity index (χ4n) is 4.23. The molecular weight excluding hydrogens is 402 g/mol. The molecule has 164 valence electrons. The van der Waals surface area contributed by atoms with E-state index in [1.807, 2.05) is 60.2 Å². The van der Waals surface area contributed by atoms with Gasteiger partial charge in [0.15, 0.2) is 5.82 Å². The predicted octanol–water partition coefficient (Wildman–Crippen LogP) is 4.13. The highest BCUT2D eigenvalue weighted by atomic mass is 16.5. The summed E-state index contributed by atoms with van der Waals surface area (Å²) >= 11 is 0. The summed E-state index contributed by atoms with van der Waals surface area (Å²) in [5.74, 6) is 2.73. The summed E-state index contributed by atoms with van der Waals surface area (Å²) < 4.78 is 13.1. The lowest BCUT2D eigenvalue weighted by atomic mass is 10.1. The molecule has 1 fully saturated rings. The van der Waals surface area contributed by atoms with Gasteiger partial charge in [0.2, 0.25) is 0 Å². The van der Waals surface area contributed by atoms with E-state index >= 15 is 0 Å². The molecule has 0 unspecified atom stereocenters. The van der Waals surface area contributed by atoms with Gasteiger partial charge in [0.05, 0.1) is 25.1 Å². The van der Waals surface area contributed by atoms with Gasteiger partial charge in [-0.15, -0.1) is 0 Å². The number of aromatic nitrogens is 3. The Morgan fingerprint density at radius 2 is 1.75 bits per heavy atom. The molecule has 0 atom stereocenters. The van der Waals surface area contributed by atoms with Crippen molar-refractivity contribution in [3.63, 3.8) is 0 Å². The van der Waals surface area contributed by atoms with Crippen LogP contribution < -0.4 is 19.3 Å². The monoisotopic (exact) mass is 429 g/mol. The second kappa shape index (κ2) is 8.78. The average Bonchev–Trinajstić information content (AvgIpc) is 3.29. The van der Waals surface area contributed by atoms with E-state index in [0.717, 1.165) is 66.0 Å². The van der Waals surface area contributed by atoms with Crippen LogP contribution in [0.25, 0.3) is 16.8 Å². The SMILES string of the molecule is CCOc1ccccc1N1CCN(c2nccn3nc(-c4cccc(OC)c4)cc23)CC1. The molecule has 0 N–H and O–H groups in total. The molecule has 0 bridgehead atoms. The van der Waals surface area contributed by atoms with Gasteiger partial charge in [-0.1, -0.05) is 24.3 Å². The quantitative estimate of drug-likeness (QED) is 0.459. The van der Waals surface area contributed by atoms with Crippen LogP contribution in [0, 0.1) is 0 Å². The smallest absolute Gasteiger partial charge is 0.154 e. The molecule has 0 aliphatic carbocycles. The first kappa shape index (κ1) is 20.2. The van der Waals surface area contributed by atoms with Gasteiger partial charge >= 0.3 is 0 Å². The normalized spacial score (nSPS) is 14.1. The molecule has 32 heavy (non-hydrogen) atoms. The number of piperazine rings is 1. The van der Waals surface area contributed by atoms with Gasteiger partial charge < -0.3 is 19.3 Å². The first-order valence-electron chi connectivity index (χ1n) is 11.0. The summed E-state index contributed by atoms with van der Waals surface area (Å²) in [6, 6.07) is 18.3. The molecule has 1 aliphatic rings. The maximum atomic E-state index is 5.83. The van der Waals surface area contributed by atoms with Crippen LogP contribution in [0.4, 0.5) is 11.5 Å². The molecule has 0 amide bonds. The topological polar surface area (TPSA) is 55.1 Å². The van der Waals surface area contributed by atoms with Crippen molar-refractivity contribution < 1.29 is 9.47 Å². The molecule has 4 aromatic rings. The second-order valence-electron chi connectivity index (χ2n) is 7.72. The van der Waals surface area contributed by atoms with E-state index in [1.54, 1.807) is 7.11 Å². The number of methoxy groups -OCH3 is 1. The van der Waals surface area contributed by atoms with Crippen molar-refractivity contribution in [3.8, 4) is 22.8 Å². The van der Waals surface area contributed by atoms with Crippen LogP contribution in [0.1, 0.15) is 6.92 Å². The Morgan fingerprint density at radius 3 is 2.56 bits per heavy atom. The summed E-state index contributed by atoms with van der Waals surface area (Å²) in [6.45, 7) is 6.26. The lowest BCUT2D eigenvalue weighted by Crippen LogP contribution is -2.47. The number of hydrogen-bond donors (Lipinski definition) is 0. The third-order valence-corrected chi connectivity index (χ3v) is 5.82. The first-order chi connectivity index (χ1) is 15.8. The van der Waals surface area contributed by atoms with Crippen LogP contribution in [0.3, 0.4) is 0 Å². The number of hydrogen-bond acceptors (Lipinski definition) is 6. The lowest BCUT2D eigenvalue weighted by Gasteiger charge is -2.37. The van der Waals surface area contributed by atoms with Crippen molar-refractivity contribution in [2.75, 3.05) is 49.7 Å². The Labute approximate surface area is 187 Å². The second-order valence-corrected chi connectivity index (χ2v) is 7.72. The highest BCUT2D eigenvalue weighted by molar-refractivity contribution is 5.76. The Kier molecular flexibility index (Phi) is 5.54. The average molecular weight is 430 g/mol. The third-order valence-electron chi connectivity index (χ3n) is 5.82. The summed E-state index contributed by atoms with van der Waals surface area (Å²) in [5.41, 5.74) is 4.09. The van der Waals surface area contributed by atoms with Crippen LogP contribution in [0.5, 0.6) is 11.5 Å². The third kappa shape index (κ3) is 3.82.